The number of nitrogens with zero attached hydrogens (tertiary/aromatic N) is 1. The summed E-state index contributed by atoms with van der Waals surface area (Å²) in [7, 11) is -0.644. The Hall–Kier alpha value is -3.17. The molecule has 0 aliphatic carbocycles. The van der Waals surface area contributed by atoms with E-state index in [1.807, 2.05) is 24.3 Å². The summed E-state index contributed by atoms with van der Waals surface area (Å²) in [5.74, 6) is -1.76. The van der Waals surface area contributed by atoms with Crippen molar-refractivity contribution in [2.45, 2.75) is 37.0 Å². The van der Waals surface area contributed by atoms with Crippen molar-refractivity contribution in [2.24, 2.45) is 0 Å². The number of sulfonamides is 1. The fourth-order valence-corrected chi connectivity index (χ4v) is 6.19. The van der Waals surface area contributed by atoms with E-state index in [9.17, 15) is 21.6 Å². The van der Waals surface area contributed by atoms with E-state index in [-0.39, 0.29) is 4.90 Å². The van der Waals surface area contributed by atoms with Crippen molar-refractivity contribution >= 4 is 27.3 Å². The van der Waals surface area contributed by atoms with Crippen LogP contribution in [0.25, 0.3) is 11.1 Å². The fraction of sp³-hybridized carbons (Fsp3) is 0.393. The predicted octanol–water partition coefficient (Wildman–Crippen LogP) is 4.73. The number of carbonyl (C=O) groups is 1. The van der Waals surface area contributed by atoms with Crippen LogP contribution in [-0.2, 0) is 27.9 Å². The molecule has 4 rings (SSSR count). The lowest BCUT2D eigenvalue weighted by molar-refractivity contribution is -0.192. The second-order valence-electron chi connectivity index (χ2n) is 9.38. The summed E-state index contributed by atoms with van der Waals surface area (Å²) in [6, 6.07) is 13.3. The average molecular weight is 630 g/mol. The number of methoxy groups -OCH3 is 2. The number of halogens is 3. The van der Waals surface area contributed by atoms with Gasteiger partial charge in [0.1, 0.15) is 16.4 Å². The molecule has 0 spiro atoms. The third-order valence-electron chi connectivity index (χ3n) is 6.43. The van der Waals surface area contributed by atoms with E-state index >= 15 is 0 Å². The number of benzene rings is 2. The van der Waals surface area contributed by atoms with Gasteiger partial charge in [0, 0.05) is 31.7 Å². The third-order valence-corrected chi connectivity index (χ3v) is 8.64. The van der Waals surface area contributed by atoms with Crippen molar-refractivity contribution in [3.63, 3.8) is 0 Å². The molecule has 9 nitrogen and oxygen atoms in total. The van der Waals surface area contributed by atoms with Gasteiger partial charge in [0.2, 0.25) is 10.0 Å². The highest BCUT2D eigenvalue weighted by Crippen LogP contribution is 2.35. The highest BCUT2D eigenvalue weighted by Gasteiger charge is 2.38. The number of nitrogens with one attached hydrogen (secondary N) is 2. The van der Waals surface area contributed by atoms with E-state index in [0.29, 0.717) is 31.1 Å². The van der Waals surface area contributed by atoms with Crippen molar-refractivity contribution in [3.8, 4) is 22.6 Å². The number of ether oxygens (including phenoxy) is 2. The van der Waals surface area contributed by atoms with Gasteiger partial charge in [0.05, 0.1) is 14.2 Å². The molecular formula is C28H34F3N3O6S2. The molecule has 0 saturated carbocycles. The minimum absolute atomic E-state index is 0.127. The maximum atomic E-state index is 13.2. The van der Waals surface area contributed by atoms with Gasteiger partial charge in [0.15, 0.2) is 0 Å². The maximum absolute atomic E-state index is 13.2. The lowest BCUT2D eigenvalue weighted by Crippen LogP contribution is -2.33. The van der Waals surface area contributed by atoms with Crippen LogP contribution in [0.4, 0.5) is 13.2 Å². The monoisotopic (exact) mass is 629 g/mol. The Labute approximate surface area is 247 Å². The Balaban J connectivity index is 0.000000616. The first-order valence-corrected chi connectivity index (χ1v) is 15.5. The molecule has 230 valence electrons. The van der Waals surface area contributed by atoms with Crippen molar-refractivity contribution < 1.29 is 41.0 Å². The molecule has 2 heterocycles. The molecule has 42 heavy (non-hydrogen) atoms. The summed E-state index contributed by atoms with van der Waals surface area (Å²) in [6.07, 6.45) is -2.74. The van der Waals surface area contributed by atoms with Crippen molar-refractivity contribution in [1.29, 1.82) is 0 Å². The van der Waals surface area contributed by atoms with Crippen LogP contribution in [0.5, 0.6) is 11.5 Å². The molecular weight excluding hydrogens is 595 g/mol. The minimum Gasteiger partial charge on any atom is -0.496 e. The molecule has 3 aromatic rings. The number of rotatable bonds is 12. The molecule has 0 unspecified atom stereocenters. The van der Waals surface area contributed by atoms with Crippen LogP contribution >= 0.6 is 11.3 Å². The summed E-state index contributed by atoms with van der Waals surface area (Å²) in [5, 5.41) is 14.8. The van der Waals surface area contributed by atoms with Gasteiger partial charge < -0.3 is 24.8 Å². The Kier molecular flexibility index (Phi) is 12.2. The zero-order valence-corrected chi connectivity index (χ0v) is 24.9. The molecule has 3 N–H and O–H groups in total. The molecule has 0 radical (unpaired) electrons. The van der Waals surface area contributed by atoms with Crippen LogP contribution in [0.2, 0.25) is 0 Å². The number of hydrogen-bond acceptors (Lipinski definition) is 8. The number of carboxylic acid groups (broad SMARTS) is 1. The molecule has 2 aromatic carbocycles. The molecule has 14 heteroatoms. The maximum Gasteiger partial charge on any atom is 0.490 e. The average Bonchev–Trinajstić information content (AvgIpc) is 3.67. The van der Waals surface area contributed by atoms with Crippen LogP contribution in [0.1, 0.15) is 24.0 Å². The quantitative estimate of drug-likeness (QED) is 0.263. The standard InChI is InChI=1S/C26H33N3O4S2.C2HF3O2/c1-32-24-7-5-20(17-27-18-21-9-14-34-19-21)15-23(24)22-6-8-25(33-2)26(16-22)35(30,31)28-10-13-29-11-3-4-12-29;3-2(4,5)1(6)7/h5-9,14-16,19,27-28H,3-4,10-13,17-18H2,1-2H3;(H,6,7). The van der Waals surface area contributed by atoms with Gasteiger partial charge in [-0.05, 0) is 83.7 Å². The highest BCUT2D eigenvalue weighted by molar-refractivity contribution is 7.89. The summed E-state index contributed by atoms with van der Waals surface area (Å²) in [4.78, 5) is 11.3. The third kappa shape index (κ3) is 9.70. The SMILES string of the molecule is COc1ccc(CNCc2ccsc2)cc1-c1ccc(OC)c(S(=O)(=O)NCCN2CCCC2)c1.O=C(O)C(F)(F)F. The molecule has 1 aliphatic heterocycles. The van der Waals surface area contributed by atoms with E-state index in [1.54, 1.807) is 30.6 Å². The molecule has 0 atom stereocenters. The molecule has 0 bridgehead atoms. The van der Waals surface area contributed by atoms with E-state index < -0.39 is 22.2 Å². The zero-order chi connectivity index (χ0) is 30.8. The normalized spacial score (nSPS) is 13.8. The second-order valence-corrected chi connectivity index (χ2v) is 11.9. The lowest BCUT2D eigenvalue weighted by atomic mass is 10.0. The molecule has 0 amide bonds. The molecule has 1 aliphatic rings. The highest BCUT2D eigenvalue weighted by atomic mass is 32.2. The van der Waals surface area contributed by atoms with Crippen molar-refractivity contribution in [2.75, 3.05) is 40.4 Å². The number of alkyl halides is 3. The zero-order valence-electron chi connectivity index (χ0n) is 23.2. The van der Waals surface area contributed by atoms with Crippen LogP contribution in [0.3, 0.4) is 0 Å². The summed E-state index contributed by atoms with van der Waals surface area (Å²) >= 11 is 1.68. The first-order chi connectivity index (χ1) is 19.9. The smallest absolute Gasteiger partial charge is 0.490 e. The van der Waals surface area contributed by atoms with Crippen LogP contribution in [0.15, 0.2) is 58.1 Å². The number of carboxylic acids is 1. The van der Waals surface area contributed by atoms with Gasteiger partial charge in [-0.3, -0.25) is 0 Å². The van der Waals surface area contributed by atoms with E-state index in [0.717, 1.165) is 36.3 Å². The van der Waals surface area contributed by atoms with Gasteiger partial charge in [-0.1, -0.05) is 12.1 Å². The first-order valence-electron chi connectivity index (χ1n) is 13.0. The Bertz CT molecular complexity index is 1410. The number of likely N-dealkylation sites (tertiary alicyclic amines) is 1. The summed E-state index contributed by atoms with van der Waals surface area (Å²) in [5.41, 5.74) is 3.92. The van der Waals surface area contributed by atoms with Gasteiger partial charge in [-0.15, -0.1) is 0 Å². The summed E-state index contributed by atoms with van der Waals surface area (Å²) < 4.78 is 71.9. The van der Waals surface area contributed by atoms with Crippen LogP contribution < -0.4 is 19.5 Å². The fourth-order valence-electron chi connectivity index (χ4n) is 4.31. The van der Waals surface area contributed by atoms with Crippen molar-refractivity contribution in [1.82, 2.24) is 14.9 Å². The number of hydrogen-bond donors (Lipinski definition) is 3. The van der Waals surface area contributed by atoms with Gasteiger partial charge in [0.25, 0.3) is 0 Å². The lowest BCUT2D eigenvalue weighted by Gasteiger charge is -2.17. The minimum atomic E-state index is -5.08. The van der Waals surface area contributed by atoms with E-state index in [4.69, 9.17) is 19.4 Å². The van der Waals surface area contributed by atoms with Gasteiger partial charge in [-0.25, -0.2) is 17.9 Å². The Morgan fingerprint density at radius 3 is 2.24 bits per heavy atom. The number of thiophene rings is 1. The van der Waals surface area contributed by atoms with Gasteiger partial charge in [-0.2, -0.15) is 24.5 Å². The Morgan fingerprint density at radius 1 is 1.00 bits per heavy atom. The van der Waals surface area contributed by atoms with Crippen molar-refractivity contribution in [3.05, 3.63) is 64.4 Å². The van der Waals surface area contributed by atoms with Crippen LogP contribution in [0, 0.1) is 0 Å². The Morgan fingerprint density at radius 2 is 1.64 bits per heavy atom. The first kappa shape index (κ1) is 33.3. The molecule has 1 aromatic heterocycles. The van der Waals surface area contributed by atoms with E-state index in [2.05, 4.69) is 31.8 Å². The largest absolute Gasteiger partial charge is 0.496 e. The number of aliphatic carboxylic acids is 1. The molecule has 1 saturated heterocycles. The topological polar surface area (TPSA) is 117 Å². The van der Waals surface area contributed by atoms with Crippen LogP contribution in [-0.4, -0.2) is 71.0 Å². The molecule has 1 fully saturated rings. The van der Waals surface area contributed by atoms with E-state index in [1.165, 1.54) is 25.5 Å². The second kappa shape index (κ2) is 15.3. The predicted molar refractivity (Wildman–Crippen MR) is 154 cm³/mol. The van der Waals surface area contributed by atoms with Gasteiger partial charge >= 0.3 is 12.1 Å². The summed E-state index contributed by atoms with van der Waals surface area (Å²) in [6.45, 7) is 4.60.